The predicted octanol–water partition coefficient (Wildman–Crippen LogP) is -1.41. The van der Waals surface area contributed by atoms with Crippen LogP contribution in [-0.2, 0) is 28.5 Å². The molecule has 9 heteroatoms. The van der Waals surface area contributed by atoms with Gasteiger partial charge in [-0.1, -0.05) is 0 Å². The van der Waals surface area contributed by atoms with E-state index in [0.717, 1.165) is 7.11 Å². The lowest BCUT2D eigenvalue weighted by atomic mass is 10.0. The molecule has 8 nitrogen and oxygen atoms in total. The number of aliphatic hydroxyl groups is 1. The summed E-state index contributed by atoms with van der Waals surface area (Å²) in [5.74, 6) is -0.487. The summed E-state index contributed by atoms with van der Waals surface area (Å²) in [7, 11) is 1.95. The summed E-state index contributed by atoms with van der Waals surface area (Å²) in [6, 6.07) is 0. The minimum Gasteiger partial charge on any atom is -0.391 e. The average Bonchev–Trinajstić information content (AvgIpc) is 2.37. The zero-order valence-corrected chi connectivity index (χ0v) is 13.2. The first-order valence-electron chi connectivity index (χ1n) is 6.03. The number of hydrogen-bond donors (Lipinski definition) is 2. The summed E-state index contributed by atoms with van der Waals surface area (Å²) >= 11 is 0. The highest BCUT2D eigenvalue weighted by molar-refractivity contribution is 7.86. The predicted molar refractivity (Wildman–Crippen MR) is 73.2 cm³/mol. The molecule has 0 aliphatic rings. The third kappa shape index (κ3) is 7.48. The van der Waals surface area contributed by atoms with Crippen LogP contribution in [-0.4, -0.2) is 85.7 Å². The summed E-state index contributed by atoms with van der Waals surface area (Å²) in [5.41, 5.74) is -0.657. The molecule has 0 aliphatic heterocycles. The van der Waals surface area contributed by atoms with Gasteiger partial charge in [0.2, 0.25) is 0 Å². The molecule has 1 unspecified atom stereocenters. The van der Waals surface area contributed by atoms with Crippen molar-refractivity contribution in [2.45, 2.75) is 11.6 Å². The van der Waals surface area contributed by atoms with Crippen molar-refractivity contribution in [1.82, 2.24) is 5.32 Å². The summed E-state index contributed by atoms with van der Waals surface area (Å²) in [4.78, 5) is 0. The van der Waals surface area contributed by atoms with E-state index in [-0.39, 0.29) is 6.54 Å². The summed E-state index contributed by atoms with van der Waals surface area (Å²) < 4.78 is 42.1. The van der Waals surface area contributed by atoms with Crippen LogP contribution < -0.4 is 5.32 Å². The number of β-amino-alcohol motifs (C(OH)–C–C–N with tert-alkyl or cyclic N) is 1. The molecular weight excluding hydrogens is 290 g/mol. The molecule has 0 saturated heterocycles. The molecule has 0 saturated carbocycles. The summed E-state index contributed by atoms with van der Waals surface area (Å²) in [6.45, 7) is 0.911. The Morgan fingerprint density at radius 1 is 1.05 bits per heavy atom. The van der Waals surface area contributed by atoms with E-state index in [1.54, 1.807) is 0 Å². The number of aliphatic hydroxyl groups excluding tert-OH is 1. The van der Waals surface area contributed by atoms with Crippen molar-refractivity contribution < 1.29 is 31.9 Å². The highest BCUT2D eigenvalue weighted by Gasteiger charge is 2.31. The number of nitrogens with one attached hydrogen (secondary N) is 1. The molecule has 0 bridgehead atoms. The van der Waals surface area contributed by atoms with Crippen molar-refractivity contribution in [3.8, 4) is 0 Å². The fourth-order valence-electron chi connectivity index (χ4n) is 1.80. The number of hydrogen-bond acceptors (Lipinski definition) is 8. The molecule has 0 aromatic carbocycles. The van der Waals surface area contributed by atoms with E-state index in [1.807, 2.05) is 0 Å². The topological polar surface area (TPSA) is 103 Å². The third-order valence-corrected chi connectivity index (χ3v) is 3.93. The second-order valence-corrected chi connectivity index (χ2v) is 6.29. The molecule has 20 heavy (non-hydrogen) atoms. The van der Waals surface area contributed by atoms with Crippen molar-refractivity contribution in [3.63, 3.8) is 0 Å². The zero-order valence-electron chi connectivity index (χ0n) is 12.4. The second kappa shape index (κ2) is 9.61. The Morgan fingerprint density at radius 3 is 1.85 bits per heavy atom. The molecule has 0 aromatic rings. The lowest BCUT2D eigenvalue weighted by molar-refractivity contribution is -0.0102. The number of ether oxygens (including phenoxy) is 3. The van der Waals surface area contributed by atoms with E-state index in [4.69, 9.17) is 14.2 Å². The van der Waals surface area contributed by atoms with Crippen LogP contribution in [0.2, 0.25) is 0 Å². The number of methoxy groups -OCH3 is 3. The smallest absolute Gasteiger partial charge is 0.269 e. The molecule has 2 N–H and O–H groups in total. The highest BCUT2D eigenvalue weighted by atomic mass is 32.2. The van der Waals surface area contributed by atoms with Crippen LogP contribution in [0.25, 0.3) is 0 Å². The Hall–Kier alpha value is -0.290. The van der Waals surface area contributed by atoms with Gasteiger partial charge in [0.05, 0.1) is 38.6 Å². The van der Waals surface area contributed by atoms with E-state index in [9.17, 15) is 13.5 Å². The Bertz CT molecular complexity index is 330. The largest absolute Gasteiger partial charge is 0.391 e. The maximum absolute atomic E-state index is 11.2. The van der Waals surface area contributed by atoms with Gasteiger partial charge in [0.15, 0.2) is 0 Å². The molecule has 0 amide bonds. The van der Waals surface area contributed by atoms with Gasteiger partial charge in [-0.2, -0.15) is 8.42 Å². The van der Waals surface area contributed by atoms with Gasteiger partial charge in [-0.05, 0) is 0 Å². The Kier molecular flexibility index (Phi) is 9.47. The summed E-state index contributed by atoms with van der Waals surface area (Å²) in [5, 5.41) is 12.8. The van der Waals surface area contributed by atoms with E-state index in [1.165, 1.54) is 21.3 Å². The Morgan fingerprint density at radius 2 is 1.50 bits per heavy atom. The quantitative estimate of drug-likeness (QED) is 0.424. The van der Waals surface area contributed by atoms with Crippen molar-refractivity contribution in [2.75, 3.05) is 60.6 Å². The van der Waals surface area contributed by atoms with Crippen LogP contribution in [0.1, 0.15) is 0 Å². The maximum atomic E-state index is 11.2. The van der Waals surface area contributed by atoms with Crippen LogP contribution in [0.5, 0.6) is 0 Å². The molecule has 0 rings (SSSR count). The molecule has 122 valence electrons. The van der Waals surface area contributed by atoms with Crippen LogP contribution in [0.15, 0.2) is 0 Å². The second-order valence-electron chi connectivity index (χ2n) is 4.51. The normalized spacial score (nSPS) is 14.4. The van der Waals surface area contributed by atoms with Crippen LogP contribution >= 0.6 is 0 Å². The van der Waals surface area contributed by atoms with Crippen molar-refractivity contribution in [2.24, 2.45) is 0 Å². The first-order chi connectivity index (χ1) is 9.34. The van der Waals surface area contributed by atoms with E-state index in [0.29, 0.717) is 19.8 Å². The SMILES string of the molecule is COCC(COC)(COC)NCC(O)CS(=O)(=O)OC. The van der Waals surface area contributed by atoms with Crippen LogP contribution in [0.4, 0.5) is 0 Å². The molecule has 0 aromatic heterocycles. The van der Waals surface area contributed by atoms with Gasteiger partial charge in [-0.25, -0.2) is 0 Å². The number of rotatable bonds is 12. The molecule has 0 spiro atoms. The molecule has 0 aliphatic carbocycles. The van der Waals surface area contributed by atoms with Gasteiger partial charge in [0, 0.05) is 27.9 Å². The highest BCUT2D eigenvalue weighted by Crippen LogP contribution is 2.08. The fourth-order valence-corrected chi connectivity index (χ4v) is 2.53. The van der Waals surface area contributed by atoms with Gasteiger partial charge in [0.1, 0.15) is 5.75 Å². The monoisotopic (exact) mass is 315 g/mol. The minimum atomic E-state index is -3.71. The van der Waals surface area contributed by atoms with Crippen molar-refractivity contribution in [1.29, 1.82) is 0 Å². The zero-order chi connectivity index (χ0) is 15.6. The standard InChI is InChI=1S/C11H25NO7S/c1-16-7-11(8-17-2,9-18-3)12-5-10(13)6-20(14,15)19-4/h10,12-13H,5-9H2,1-4H3. The lowest BCUT2D eigenvalue weighted by Crippen LogP contribution is -2.58. The Balaban J connectivity index is 4.58. The maximum Gasteiger partial charge on any atom is 0.269 e. The van der Waals surface area contributed by atoms with Crippen LogP contribution in [0.3, 0.4) is 0 Å². The van der Waals surface area contributed by atoms with E-state index in [2.05, 4.69) is 9.50 Å². The molecule has 0 fully saturated rings. The molecular formula is C11H25NO7S. The Labute approximate surface area is 120 Å². The first kappa shape index (κ1) is 19.7. The molecule has 1 atom stereocenters. The third-order valence-electron chi connectivity index (χ3n) is 2.63. The van der Waals surface area contributed by atoms with Gasteiger partial charge < -0.3 is 24.6 Å². The van der Waals surface area contributed by atoms with Crippen molar-refractivity contribution in [3.05, 3.63) is 0 Å². The van der Waals surface area contributed by atoms with Gasteiger partial charge in [-0.3, -0.25) is 4.18 Å². The van der Waals surface area contributed by atoms with Gasteiger partial charge >= 0.3 is 0 Å². The van der Waals surface area contributed by atoms with Crippen LogP contribution in [0, 0.1) is 0 Å². The van der Waals surface area contributed by atoms with E-state index >= 15 is 0 Å². The lowest BCUT2D eigenvalue weighted by Gasteiger charge is -2.33. The van der Waals surface area contributed by atoms with Gasteiger partial charge in [-0.15, -0.1) is 0 Å². The fraction of sp³-hybridized carbons (Fsp3) is 1.00. The van der Waals surface area contributed by atoms with Crippen molar-refractivity contribution >= 4 is 10.1 Å². The molecule has 0 radical (unpaired) electrons. The molecule has 0 heterocycles. The average molecular weight is 315 g/mol. The minimum absolute atomic E-state index is 0.0403. The van der Waals surface area contributed by atoms with E-state index < -0.39 is 27.5 Å². The van der Waals surface area contributed by atoms with Gasteiger partial charge in [0.25, 0.3) is 10.1 Å². The first-order valence-corrected chi connectivity index (χ1v) is 7.60. The summed E-state index contributed by atoms with van der Waals surface area (Å²) in [6.07, 6.45) is -1.11.